The summed E-state index contributed by atoms with van der Waals surface area (Å²) in [6.45, 7) is 3.46. The molecule has 2 aromatic rings. The summed E-state index contributed by atoms with van der Waals surface area (Å²) >= 11 is 1.56. The number of rotatable bonds is 5. The number of carbonyl (C=O) groups excluding carboxylic acids is 1. The average Bonchev–Trinajstić information content (AvgIpc) is 2.99. The highest BCUT2D eigenvalue weighted by Crippen LogP contribution is 2.16. The highest BCUT2D eigenvalue weighted by Gasteiger charge is 2.07. The fourth-order valence-electron chi connectivity index (χ4n) is 1.49. The first-order valence-corrected chi connectivity index (χ1v) is 6.44. The van der Waals surface area contributed by atoms with Crippen molar-refractivity contribution in [1.82, 2.24) is 14.9 Å². The van der Waals surface area contributed by atoms with Gasteiger partial charge in [0.25, 0.3) is 5.91 Å². The Kier molecular flexibility index (Phi) is 3.93. The van der Waals surface area contributed by atoms with Gasteiger partial charge in [0.1, 0.15) is 0 Å². The van der Waals surface area contributed by atoms with Gasteiger partial charge in [-0.15, -0.1) is 11.3 Å². The summed E-state index contributed by atoms with van der Waals surface area (Å²) in [5.41, 5.74) is 0. The molecule has 4 nitrogen and oxygen atoms in total. The lowest BCUT2D eigenvalue weighted by Crippen LogP contribution is -2.26. The van der Waals surface area contributed by atoms with Crippen molar-refractivity contribution in [3.63, 3.8) is 0 Å². The predicted molar refractivity (Wildman–Crippen MR) is 68.3 cm³/mol. The summed E-state index contributed by atoms with van der Waals surface area (Å²) < 4.78 is 1.94. The van der Waals surface area contributed by atoms with Crippen LogP contribution in [0.3, 0.4) is 0 Å². The molecule has 0 radical (unpaired) electrons. The van der Waals surface area contributed by atoms with Crippen LogP contribution in [-0.2, 0) is 13.0 Å². The zero-order chi connectivity index (χ0) is 12.1. The van der Waals surface area contributed by atoms with Gasteiger partial charge in [0, 0.05) is 30.4 Å². The van der Waals surface area contributed by atoms with Crippen molar-refractivity contribution in [2.24, 2.45) is 0 Å². The van der Waals surface area contributed by atoms with Crippen LogP contribution in [0, 0.1) is 0 Å². The monoisotopic (exact) mass is 249 g/mol. The molecule has 1 amide bonds. The van der Waals surface area contributed by atoms with Crippen molar-refractivity contribution in [3.05, 3.63) is 40.6 Å². The average molecular weight is 249 g/mol. The molecule has 0 saturated heterocycles. The van der Waals surface area contributed by atoms with Crippen LogP contribution in [0.4, 0.5) is 0 Å². The van der Waals surface area contributed by atoms with E-state index in [9.17, 15) is 4.79 Å². The first-order valence-electron chi connectivity index (χ1n) is 5.62. The highest BCUT2D eigenvalue weighted by molar-refractivity contribution is 7.14. The second-order valence-electron chi connectivity index (χ2n) is 3.68. The van der Waals surface area contributed by atoms with E-state index in [1.165, 1.54) is 4.88 Å². The van der Waals surface area contributed by atoms with Crippen LogP contribution in [0.2, 0.25) is 0 Å². The van der Waals surface area contributed by atoms with E-state index in [1.54, 1.807) is 23.9 Å². The zero-order valence-corrected chi connectivity index (χ0v) is 10.5. The Bertz CT molecular complexity index is 476. The number of aryl methyl sites for hydroxylation is 1. The molecule has 17 heavy (non-hydrogen) atoms. The van der Waals surface area contributed by atoms with E-state index in [0.717, 1.165) is 17.8 Å². The van der Waals surface area contributed by atoms with Crippen LogP contribution >= 0.6 is 11.3 Å². The summed E-state index contributed by atoms with van der Waals surface area (Å²) in [6, 6.07) is 3.89. The van der Waals surface area contributed by atoms with Crippen molar-refractivity contribution in [1.29, 1.82) is 0 Å². The molecule has 0 unspecified atom stereocenters. The number of amides is 1. The number of nitrogens with zero attached hydrogens (tertiary/aromatic N) is 2. The van der Waals surface area contributed by atoms with Gasteiger partial charge < -0.3 is 9.88 Å². The molecule has 0 bridgehead atoms. The first-order chi connectivity index (χ1) is 8.29. The molecule has 0 atom stereocenters. The Morgan fingerprint density at radius 3 is 3.06 bits per heavy atom. The number of imidazole rings is 1. The quantitative estimate of drug-likeness (QED) is 0.880. The SMILES string of the molecule is CCc1ccc(C(=O)NCCn2ccnc2)s1. The molecule has 2 heterocycles. The van der Waals surface area contributed by atoms with Crippen molar-refractivity contribution in [3.8, 4) is 0 Å². The minimum atomic E-state index is 0.00909. The van der Waals surface area contributed by atoms with Crippen LogP contribution in [0.15, 0.2) is 30.9 Å². The molecule has 0 aliphatic heterocycles. The normalized spacial score (nSPS) is 10.4. The topological polar surface area (TPSA) is 46.9 Å². The van der Waals surface area contributed by atoms with Crippen molar-refractivity contribution in [2.45, 2.75) is 19.9 Å². The molecule has 0 aliphatic carbocycles. The number of carbonyl (C=O) groups is 1. The molecule has 0 aliphatic rings. The van der Waals surface area contributed by atoms with E-state index in [2.05, 4.69) is 17.2 Å². The Morgan fingerprint density at radius 2 is 2.41 bits per heavy atom. The van der Waals surface area contributed by atoms with E-state index in [1.807, 2.05) is 22.9 Å². The second kappa shape index (κ2) is 5.63. The molecule has 5 heteroatoms. The minimum absolute atomic E-state index is 0.00909. The summed E-state index contributed by atoms with van der Waals surface area (Å²) in [5.74, 6) is 0.00909. The molecule has 2 aromatic heterocycles. The predicted octanol–water partition coefficient (Wildman–Crippen LogP) is 1.94. The fourth-order valence-corrected chi connectivity index (χ4v) is 2.36. The number of hydrogen-bond donors (Lipinski definition) is 1. The van der Waals surface area contributed by atoms with Crippen LogP contribution < -0.4 is 5.32 Å². The van der Waals surface area contributed by atoms with E-state index in [0.29, 0.717) is 6.54 Å². The van der Waals surface area contributed by atoms with Gasteiger partial charge in [-0.2, -0.15) is 0 Å². The standard InChI is InChI=1S/C12H15N3OS/c1-2-10-3-4-11(17-10)12(16)14-6-8-15-7-5-13-9-15/h3-5,7,9H,2,6,8H2,1H3,(H,14,16). The maximum Gasteiger partial charge on any atom is 0.261 e. The first kappa shape index (κ1) is 11.9. The smallest absolute Gasteiger partial charge is 0.261 e. The van der Waals surface area contributed by atoms with Crippen molar-refractivity contribution < 1.29 is 4.79 Å². The number of aromatic nitrogens is 2. The number of hydrogen-bond acceptors (Lipinski definition) is 3. The molecule has 1 N–H and O–H groups in total. The van der Waals surface area contributed by atoms with Gasteiger partial charge in [0.05, 0.1) is 11.2 Å². The third kappa shape index (κ3) is 3.17. The Hall–Kier alpha value is -1.62. The lowest BCUT2D eigenvalue weighted by atomic mass is 10.3. The van der Waals surface area contributed by atoms with Gasteiger partial charge in [-0.1, -0.05) is 6.92 Å². The van der Waals surface area contributed by atoms with Crippen LogP contribution in [0.1, 0.15) is 21.5 Å². The lowest BCUT2D eigenvalue weighted by Gasteiger charge is -2.03. The van der Waals surface area contributed by atoms with Crippen molar-refractivity contribution >= 4 is 17.2 Å². The minimum Gasteiger partial charge on any atom is -0.350 e. The molecule has 90 valence electrons. The van der Waals surface area contributed by atoms with E-state index in [-0.39, 0.29) is 5.91 Å². The van der Waals surface area contributed by atoms with Gasteiger partial charge in [-0.3, -0.25) is 4.79 Å². The molecule has 0 spiro atoms. The molecular weight excluding hydrogens is 234 g/mol. The Balaban J connectivity index is 1.81. The Morgan fingerprint density at radius 1 is 1.53 bits per heavy atom. The lowest BCUT2D eigenvalue weighted by molar-refractivity contribution is 0.0956. The molecule has 0 fully saturated rings. The van der Waals surface area contributed by atoms with E-state index >= 15 is 0 Å². The summed E-state index contributed by atoms with van der Waals surface area (Å²) in [4.78, 5) is 17.7. The zero-order valence-electron chi connectivity index (χ0n) is 9.72. The molecule has 0 saturated carbocycles. The summed E-state index contributed by atoms with van der Waals surface area (Å²) in [6.07, 6.45) is 6.33. The van der Waals surface area contributed by atoms with E-state index in [4.69, 9.17) is 0 Å². The maximum absolute atomic E-state index is 11.8. The molecule has 0 aromatic carbocycles. The third-order valence-corrected chi connectivity index (χ3v) is 3.68. The maximum atomic E-state index is 11.8. The molecule has 2 rings (SSSR count). The third-order valence-electron chi connectivity index (χ3n) is 2.45. The van der Waals surface area contributed by atoms with Gasteiger partial charge in [0.15, 0.2) is 0 Å². The largest absolute Gasteiger partial charge is 0.350 e. The van der Waals surface area contributed by atoms with Gasteiger partial charge >= 0.3 is 0 Å². The van der Waals surface area contributed by atoms with E-state index < -0.39 is 0 Å². The second-order valence-corrected chi connectivity index (χ2v) is 4.84. The van der Waals surface area contributed by atoms with Crippen LogP contribution in [0.5, 0.6) is 0 Å². The highest BCUT2D eigenvalue weighted by atomic mass is 32.1. The summed E-state index contributed by atoms with van der Waals surface area (Å²) in [7, 11) is 0. The Labute approximate surface area is 104 Å². The fraction of sp³-hybridized carbons (Fsp3) is 0.333. The van der Waals surface area contributed by atoms with Gasteiger partial charge in [-0.05, 0) is 18.6 Å². The number of nitrogens with one attached hydrogen (secondary N) is 1. The van der Waals surface area contributed by atoms with Crippen LogP contribution in [0.25, 0.3) is 0 Å². The number of thiophene rings is 1. The van der Waals surface area contributed by atoms with Crippen molar-refractivity contribution in [2.75, 3.05) is 6.54 Å². The molecular formula is C12H15N3OS. The van der Waals surface area contributed by atoms with Crippen LogP contribution in [-0.4, -0.2) is 22.0 Å². The van der Waals surface area contributed by atoms with Gasteiger partial charge in [0.2, 0.25) is 0 Å². The summed E-state index contributed by atoms with van der Waals surface area (Å²) in [5, 5.41) is 2.90. The van der Waals surface area contributed by atoms with Gasteiger partial charge in [-0.25, -0.2) is 4.98 Å².